The van der Waals surface area contributed by atoms with Gasteiger partial charge in [0.15, 0.2) is 11.4 Å². The van der Waals surface area contributed by atoms with E-state index in [1.54, 1.807) is 12.1 Å². The molecule has 1 aromatic carbocycles. The van der Waals surface area contributed by atoms with E-state index in [0.29, 0.717) is 36.3 Å². The van der Waals surface area contributed by atoms with Gasteiger partial charge in [0.2, 0.25) is 5.79 Å². The summed E-state index contributed by atoms with van der Waals surface area (Å²) in [6.45, 7) is 9.72. The summed E-state index contributed by atoms with van der Waals surface area (Å²) in [5.41, 5.74) is -3.60. The molecule has 10 unspecified atom stereocenters. The van der Waals surface area contributed by atoms with Gasteiger partial charge >= 0.3 is 11.9 Å². The SMILES string of the molecule is C=C1C2CCC3C45COC(O)(C(O)C4C(C)(C)CCC5OC(C)=O)C34C(=O)C1(OC(=O)c1ccc(Cl)cc1)C24. The van der Waals surface area contributed by atoms with Gasteiger partial charge in [-0.15, -0.1) is 0 Å². The van der Waals surface area contributed by atoms with E-state index in [1.165, 1.54) is 19.1 Å². The molecular formula is C30H33ClO8. The van der Waals surface area contributed by atoms with E-state index < -0.39 is 75.3 Å². The van der Waals surface area contributed by atoms with Crippen LogP contribution in [0.1, 0.15) is 56.8 Å². The second kappa shape index (κ2) is 7.52. The second-order valence-electron chi connectivity index (χ2n) is 13.2. The van der Waals surface area contributed by atoms with Crippen LogP contribution in [-0.2, 0) is 23.8 Å². The number of aliphatic hydroxyl groups excluding tert-OH is 1. The van der Waals surface area contributed by atoms with Crippen LogP contribution in [0.25, 0.3) is 0 Å². The number of hydrogen-bond donors (Lipinski definition) is 2. The lowest BCUT2D eigenvalue weighted by Gasteiger charge is -2.84. The molecule has 0 aromatic heterocycles. The zero-order chi connectivity index (χ0) is 27.9. The van der Waals surface area contributed by atoms with Crippen molar-refractivity contribution in [2.45, 2.75) is 70.1 Å². The third-order valence-corrected chi connectivity index (χ3v) is 11.7. The summed E-state index contributed by atoms with van der Waals surface area (Å²) < 4.78 is 18.1. The van der Waals surface area contributed by atoms with Gasteiger partial charge in [0, 0.05) is 29.2 Å². The maximum absolute atomic E-state index is 14.6. The van der Waals surface area contributed by atoms with E-state index in [0.717, 1.165) is 0 Å². The van der Waals surface area contributed by atoms with Crippen LogP contribution in [0.3, 0.4) is 0 Å². The number of aliphatic hydroxyl groups is 2. The van der Waals surface area contributed by atoms with E-state index in [1.807, 2.05) is 0 Å². The first-order valence-corrected chi connectivity index (χ1v) is 14.1. The van der Waals surface area contributed by atoms with Gasteiger partial charge < -0.3 is 24.4 Å². The Morgan fingerprint density at radius 3 is 2.49 bits per heavy atom. The molecule has 7 aliphatic rings. The Morgan fingerprint density at radius 1 is 1.13 bits per heavy atom. The van der Waals surface area contributed by atoms with Crippen LogP contribution in [-0.4, -0.2) is 58.1 Å². The number of fused-ring (bicyclic) bond motifs is 1. The molecule has 2 aliphatic heterocycles. The summed E-state index contributed by atoms with van der Waals surface area (Å²) >= 11 is 5.98. The molecule has 10 atom stereocenters. The van der Waals surface area contributed by atoms with E-state index in [-0.39, 0.29) is 18.1 Å². The smallest absolute Gasteiger partial charge is 0.339 e. The highest BCUT2D eigenvalue weighted by Crippen LogP contribution is 2.85. The quantitative estimate of drug-likeness (QED) is 0.429. The third kappa shape index (κ3) is 2.57. The zero-order valence-corrected chi connectivity index (χ0v) is 23.0. The fourth-order valence-electron chi connectivity index (χ4n) is 10.3. The number of ketones is 1. The highest BCUT2D eigenvalue weighted by atomic mass is 35.5. The van der Waals surface area contributed by atoms with Crippen molar-refractivity contribution in [3.05, 3.63) is 47.0 Å². The summed E-state index contributed by atoms with van der Waals surface area (Å²) in [7, 11) is 0. The molecule has 208 valence electrons. The van der Waals surface area contributed by atoms with Crippen molar-refractivity contribution in [3.63, 3.8) is 0 Å². The fourth-order valence-corrected chi connectivity index (χ4v) is 10.4. The summed E-state index contributed by atoms with van der Waals surface area (Å²) in [5.74, 6) is -5.40. The number of Topliss-reactive ketones (excluding diaryl/α,β-unsaturated/α-hetero) is 1. The van der Waals surface area contributed by atoms with Crippen LogP contribution in [0.2, 0.25) is 5.02 Å². The number of esters is 2. The van der Waals surface area contributed by atoms with Crippen molar-refractivity contribution >= 4 is 29.3 Å². The number of hydrogen-bond acceptors (Lipinski definition) is 8. The molecule has 0 radical (unpaired) electrons. The van der Waals surface area contributed by atoms with Gasteiger partial charge in [0.1, 0.15) is 17.6 Å². The summed E-state index contributed by atoms with van der Waals surface area (Å²) in [6, 6.07) is 6.20. The van der Waals surface area contributed by atoms with E-state index >= 15 is 0 Å². The number of carbonyl (C=O) groups is 3. The standard InChI is InChI=1S/C30H33ClO8/c1-14-18-9-10-19-27-13-37-30(36,23(33)22(27)26(3,4)12-11-20(27)38-15(2)32)28(19)21(18)29(14,25(28)35)39-24(34)16-5-7-17(31)8-6-16/h5-8,18-23,33,36H,1,9-13H2,2-4H3. The van der Waals surface area contributed by atoms with Gasteiger partial charge in [-0.1, -0.05) is 32.0 Å². The summed E-state index contributed by atoms with van der Waals surface area (Å²) in [5, 5.41) is 24.7. The van der Waals surface area contributed by atoms with Crippen LogP contribution in [0, 0.1) is 39.9 Å². The molecular weight excluding hydrogens is 524 g/mol. The van der Waals surface area contributed by atoms with Crippen molar-refractivity contribution in [2.75, 3.05) is 6.61 Å². The molecule has 1 aromatic rings. The Bertz CT molecular complexity index is 1340. The third-order valence-electron chi connectivity index (χ3n) is 11.5. The van der Waals surface area contributed by atoms with E-state index in [4.69, 9.17) is 25.8 Å². The molecule has 8 rings (SSSR count). The monoisotopic (exact) mass is 556 g/mol. The fraction of sp³-hybridized carbons (Fsp3) is 0.633. The maximum Gasteiger partial charge on any atom is 0.339 e. The highest BCUT2D eigenvalue weighted by Gasteiger charge is 2.97. The molecule has 2 saturated heterocycles. The maximum atomic E-state index is 14.6. The van der Waals surface area contributed by atoms with Crippen LogP contribution < -0.4 is 0 Å². The number of carbonyl (C=O) groups excluding carboxylic acids is 3. The van der Waals surface area contributed by atoms with Gasteiger partial charge in [-0.25, -0.2) is 4.79 Å². The first-order valence-electron chi connectivity index (χ1n) is 13.7. The lowest BCUT2D eigenvalue weighted by atomic mass is 9.21. The van der Waals surface area contributed by atoms with Crippen molar-refractivity contribution < 1.29 is 38.8 Å². The van der Waals surface area contributed by atoms with Crippen molar-refractivity contribution in [1.29, 1.82) is 0 Å². The van der Waals surface area contributed by atoms with Gasteiger partial charge in [0.25, 0.3) is 0 Å². The lowest BCUT2D eigenvalue weighted by molar-refractivity contribution is -0.483. The number of rotatable bonds is 3. The van der Waals surface area contributed by atoms with Crippen LogP contribution >= 0.6 is 11.6 Å². The minimum absolute atomic E-state index is 0.0716. The van der Waals surface area contributed by atoms with Crippen LogP contribution in [0.5, 0.6) is 0 Å². The molecule has 5 aliphatic carbocycles. The van der Waals surface area contributed by atoms with Gasteiger partial charge in [-0.2, -0.15) is 0 Å². The van der Waals surface area contributed by atoms with Crippen molar-refractivity contribution in [1.82, 2.24) is 0 Å². The molecule has 8 nitrogen and oxygen atoms in total. The first-order chi connectivity index (χ1) is 18.3. The normalized spacial score (nSPS) is 48.1. The predicted molar refractivity (Wildman–Crippen MR) is 137 cm³/mol. The average Bonchev–Trinajstić information content (AvgIpc) is 2.88. The minimum Gasteiger partial charge on any atom is -0.462 e. The lowest BCUT2D eigenvalue weighted by Crippen LogP contribution is -2.97. The van der Waals surface area contributed by atoms with Crippen LogP contribution in [0.4, 0.5) is 0 Å². The Labute approximate surface area is 231 Å². The molecule has 39 heavy (non-hydrogen) atoms. The van der Waals surface area contributed by atoms with Gasteiger partial charge in [0.05, 0.1) is 12.2 Å². The van der Waals surface area contributed by atoms with Crippen molar-refractivity contribution in [2.24, 2.45) is 39.9 Å². The predicted octanol–water partition coefficient (Wildman–Crippen LogP) is 3.46. The van der Waals surface area contributed by atoms with E-state index in [2.05, 4.69) is 20.4 Å². The molecule has 7 fully saturated rings. The molecule has 2 spiro atoms. The van der Waals surface area contributed by atoms with Crippen molar-refractivity contribution in [3.8, 4) is 0 Å². The Kier molecular flexibility index (Phi) is 4.95. The molecule has 2 N–H and O–H groups in total. The Balaban J connectivity index is 1.36. The average molecular weight is 557 g/mol. The minimum atomic E-state index is -2.16. The molecule has 9 heteroatoms. The topological polar surface area (TPSA) is 119 Å². The molecule has 0 amide bonds. The number of ether oxygens (including phenoxy) is 3. The van der Waals surface area contributed by atoms with E-state index in [9.17, 15) is 24.6 Å². The Hall–Kier alpha value is -2.26. The van der Waals surface area contributed by atoms with Crippen LogP contribution in [0.15, 0.2) is 36.4 Å². The summed E-state index contributed by atoms with van der Waals surface area (Å²) in [6.07, 6.45) is 0.554. The molecule has 2 heterocycles. The Morgan fingerprint density at radius 2 is 1.82 bits per heavy atom. The van der Waals surface area contributed by atoms with Gasteiger partial charge in [-0.05, 0) is 72.8 Å². The molecule has 2 bridgehead atoms. The first kappa shape index (κ1) is 25.7. The summed E-state index contributed by atoms with van der Waals surface area (Å²) in [4.78, 5) is 40.1. The second-order valence-corrected chi connectivity index (χ2v) is 13.7. The largest absolute Gasteiger partial charge is 0.462 e. The van der Waals surface area contributed by atoms with Gasteiger partial charge in [-0.3, -0.25) is 9.59 Å². The number of benzene rings is 1. The number of halogens is 1. The highest BCUT2D eigenvalue weighted by molar-refractivity contribution is 6.30. The zero-order valence-electron chi connectivity index (χ0n) is 22.2. The molecule has 5 saturated carbocycles.